The number of amides is 3. The molecule has 23 heavy (non-hydrogen) atoms. The summed E-state index contributed by atoms with van der Waals surface area (Å²) < 4.78 is 5.45. The monoisotopic (exact) mass is 316 g/mol. The van der Waals surface area contributed by atoms with Crippen LogP contribution in [0.15, 0.2) is 36.9 Å². The van der Waals surface area contributed by atoms with Crippen molar-refractivity contribution in [2.45, 2.75) is 12.8 Å². The molecule has 3 amide bonds. The van der Waals surface area contributed by atoms with Crippen LogP contribution < -0.4 is 5.32 Å². The van der Waals surface area contributed by atoms with E-state index >= 15 is 0 Å². The van der Waals surface area contributed by atoms with Gasteiger partial charge in [0.1, 0.15) is 0 Å². The third kappa shape index (κ3) is 4.26. The lowest BCUT2D eigenvalue weighted by molar-refractivity contribution is -0.116. The molecule has 1 aromatic rings. The van der Waals surface area contributed by atoms with Crippen molar-refractivity contribution >= 4 is 17.7 Å². The summed E-state index contributed by atoms with van der Waals surface area (Å²) >= 11 is 0. The van der Waals surface area contributed by atoms with E-state index in [1.165, 1.54) is 11.0 Å². The van der Waals surface area contributed by atoms with E-state index in [1.807, 2.05) is 0 Å². The van der Waals surface area contributed by atoms with E-state index in [1.54, 1.807) is 24.3 Å². The maximum atomic E-state index is 12.1. The lowest BCUT2D eigenvalue weighted by Crippen LogP contribution is -2.33. The first kappa shape index (κ1) is 16.9. The molecule has 0 unspecified atom stereocenters. The van der Waals surface area contributed by atoms with Crippen molar-refractivity contribution in [3.8, 4) is 0 Å². The smallest absolute Gasteiger partial charge is 0.261 e. The van der Waals surface area contributed by atoms with Crippen molar-refractivity contribution in [1.29, 1.82) is 0 Å². The fraction of sp³-hybridized carbons (Fsp3) is 0.353. The summed E-state index contributed by atoms with van der Waals surface area (Å²) in [5, 5.41) is 2.68. The van der Waals surface area contributed by atoms with Gasteiger partial charge in [-0.05, 0) is 31.1 Å². The van der Waals surface area contributed by atoms with Crippen LogP contribution in [0.5, 0.6) is 0 Å². The molecule has 0 aromatic heterocycles. The molecule has 1 N–H and O–H groups in total. The second kappa shape index (κ2) is 8.24. The standard InChI is InChI=1S/C17H20N2O4/c1-2-15(20)18-9-5-6-11-23-12-10-19-16(21)13-7-3-4-8-14(13)17(19)22/h2-4,7-8H,1,5-6,9-12H2,(H,18,20). The Morgan fingerprint density at radius 2 is 1.78 bits per heavy atom. The van der Waals surface area contributed by atoms with Crippen molar-refractivity contribution in [3.05, 3.63) is 48.0 Å². The average molecular weight is 316 g/mol. The fourth-order valence-corrected chi connectivity index (χ4v) is 2.31. The zero-order valence-corrected chi connectivity index (χ0v) is 12.9. The van der Waals surface area contributed by atoms with E-state index in [9.17, 15) is 14.4 Å². The number of rotatable bonds is 9. The summed E-state index contributed by atoms with van der Waals surface area (Å²) in [5.74, 6) is -0.709. The van der Waals surface area contributed by atoms with Crippen LogP contribution in [0.25, 0.3) is 0 Å². The highest BCUT2D eigenvalue weighted by Crippen LogP contribution is 2.21. The SMILES string of the molecule is C=CC(=O)NCCCCOCCN1C(=O)c2ccccc2C1=O. The zero-order chi connectivity index (χ0) is 16.7. The molecule has 1 aliphatic heterocycles. The van der Waals surface area contributed by atoms with Gasteiger partial charge in [0.15, 0.2) is 0 Å². The summed E-state index contributed by atoms with van der Waals surface area (Å²) in [5.41, 5.74) is 0.908. The molecule has 0 aliphatic carbocycles. The highest BCUT2D eigenvalue weighted by molar-refractivity contribution is 6.21. The third-order valence-electron chi connectivity index (χ3n) is 3.54. The molecule has 6 heteroatoms. The lowest BCUT2D eigenvalue weighted by Gasteiger charge is -2.13. The van der Waals surface area contributed by atoms with Gasteiger partial charge in [-0.15, -0.1) is 0 Å². The number of unbranched alkanes of at least 4 members (excludes halogenated alkanes) is 1. The van der Waals surface area contributed by atoms with Crippen LogP contribution in [0.3, 0.4) is 0 Å². The molecule has 1 heterocycles. The van der Waals surface area contributed by atoms with Gasteiger partial charge in [0.05, 0.1) is 24.3 Å². The third-order valence-corrected chi connectivity index (χ3v) is 3.54. The van der Waals surface area contributed by atoms with Crippen LogP contribution in [0.2, 0.25) is 0 Å². The molecule has 0 saturated heterocycles. The van der Waals surface area contributed by atoms with Gasteiger partial charge in [-0.2, -0.15) is 0 Å². The van der Waals surface area contributed by atoms with Gasteiger partial charge < -0.3 is 10.1 Å². The van der Waals surface area contributed by atoms with Gasteiger partial charge in [-0.25, -0.2) is 0 Å². The van der Waals surface area contributed by atoms with E-state index in [2.05, 4.69) is 11.9 Å². The Balaban J connectivity index is 1.63. The van der Waals surface area contributed by atoms with Gasteiger partial charge in [0, 0.05) is 13.2 Å². The normalized spacial score (nSPS) is 13.1. The molecule has 1 aromatic carbocycles. The number of fused-ring (bicyclic) bond motifs is 1. The van der Waals surface area contributed by atoms with Crippen molar-refractivity contribution < 1.29 is 19.1 Å². The largest absolute Gasteiger partial charge is 0.380 e. The van der Waals surface area contributed by atoms with Crippen LogP contribution >= 0.6 is 0 Å². The Bertz CT molecular complexity index is 577. The van der Waals surface area contributed by atoms with Gasteiger partial charge in [-0.1, -0.05) is 18.7 Å². The molecule has 0 radical (unpaired) electrons. The van der Waals surface area contributed by atoms with Crippen molar-refractivity contribution in [3.63, 3.8) is 0 Å². The lowest BCUT2D eigenvalue weighted by atomic mass is 10.1. The summed E-state index contributed by atoms with van der Waals surface area (Å²) in [7, 11) is 0. The Morgan fingerprint density at radius 3 is 2.39 bits per heavy atom. The maximum Gasteiger partial charge on any atom is 0.261 e. The van der Waals surface area contributed by atoms with Crippen molar-refractivity contribution in [2.24, 2.45) is 0 Å². The molecule has 6 nitrogen and oxygen atoms in total. The minimum Gasteiger partial charge on any atom is -0.380 e. The Hall–Kier alpha value is -2.47. The Labute approximate surface area is 135 Å². The van der Waals surface area contributed by atoms with Gasteiger partial charge in [-0.3, -0.25) is 19.3 Å². The molecule has 0 fully saturated rings. The van der Waals surface area contributed by atoms with Crippen LogP contribution in [-0.2, 0) is 9.53 Å². The quantitative estimate of drug-likeness (QED) is 0.424. The van der Waals surface area contributed by atoms with Crippen LogP contribution in [0.4, 0.5) is 0 Å². The number of nitrogens with zero attached hydrogens (tertiary/aromatic N) is 1. The molecule has 1 aliphatic rings. The summed E-state index contributed by atoms with van der Waals surface area (Å²) in [6, 6.07) is 6.81. The summed E-state index contributed by atoms with van der Waals surface area (Å²) in [6.07, 6.45) is 2.82. The van der Waals surface area contributed by atoms with Gasteiger partial charge in [0.2, 0.25) is 5.91 Å². The molecule has 0 bridgehead atoms. The number of hydrogen-bond donors (Lipinski definition) is 1. The first-order valence-corrected chi connectivity index (χ1v) is 7.58. The number of carbonyl (C=O) groups excluding carboxylic acids is 3. The molecule has 0 atom stereocenters. The molecular formula is C17H20N2O4. The number of benzene rings is 1. The van der Waals surface area contributed by atoms with Crippen LogP contribution in [-0.4, -0.2) is 48.9 Å². The van der Waals surface area contributed by atoms with E-state index in [0.717, 1.165) is 12.8 Å². The minimum atomic E-state index is -0.263. The first-order chi connectivity index (χ1) is 11.1. The topological polar surface area (TPSA) is 75.7 Å². The average Bonchev–Trinajstić information content (AvgIpc) is 2.82. The fourth-order valence-electron chi connectivity index (χ4n) is 2.31. The molecule has 0 saturated carbocycles. The molecule has 122 valence electrons. The minimum absolute atomic E-state index is 0.184. The summed E-state index contributed by atoms with van der Waals surface area (Å²) in [6.45, 7) is 5.03. The summed E-state index contributed by atoms with van der Waals surface area (Å²) in [4.78, 5) is 36.3. The molecule has 0 spiro atoms. The Kier molecular flexibility index (Phi) is 6.05. The van der Waals surface area contributed by atoms with Crippen molar-refractivity contribution in [2.75, 3.05) is 26.3 Å². The predicted octanol–water partition coefficient (Wildman–Crippen LogP) is 1.38. The number of nitrogens with one attached hydrogen (secondary N) is 1. The van der Waals surface area contributed by atoms with E-state index in [4.69, 9.17) is 4.74 Å². The number of imide groups is 1. The Morgan fingerprint density at radius 1 is 1.13 bits per heavy atom. The van der Waals surface area contributed by atoms with Crippen LogP contribution in [0.1, 0.15) is 33.6 Å². The maximum absolute atomic E-state index is 12.1. The van der Waals surface area contributed by atoms with Gasteiger partial charge in [0.25, 0.3) is 11.8 Å². The van der Waals surface area contributed by atoms with Crippen LogP contribution in [0, 0.1) is 0 Å². The van der Waals surface area contributed by atoms with E-state index in [0.29, 0.717) is 30.9 Å². The highest BCUT2D eigenvalue weighted by Gasteiger charge is 2.34. The molecule has 2 rings (SSSR count). The first-order valence-electron chi connectivity index (χ1n) is 7.58. The number of ether oxygens (including phenoxy) is 1. The predicted molar refractivity (Wildman–Crippen MR) is 85.1 cm³/mol. The number of carbonyl (C=O) groups is 3. The van der Waals surface area contributed by atoms with E-state index < -0.39 is 0 Å². The highest BCUT2D eigenvalue weighted by atomic mass is 16.5. The van der Waals surface area contributed by atoms with Crippen molar-refractivity contribution in [1.82, 2.24) is 10.2 Å². The van der Waals surface area contributed by atoms with Gasteiger partial charge >= 0.3 is 0 Å². The second-order valence-corrected chi connectivity index (χ2v) is 5.12. The zero-order valence-electron chi connectivity index (χ0n) is 12.9. The van der Waals surface area contributed by atoms with E-state index in [-0.39, 0.29) is 24.3 Å². The molecular weight excluding hydrogens is 296 g/mol. The second-order valence-electron chi connectivity index (χ2n) is 5.12. The number of hydrogen-bond acceptors (Lipinski definition) is 4.